The van der Waals surface area contributed by atoms with Crippen molar-refractivity contribution in [2.24, 2.45) is 0 Å². The van der Waals surface area contributed by atoms with Gasteiger partial charge in [0.05, 0.1) is 22.5 Å². The summed E-state index contributed by atoms with van der Waals surface area (Å²) in [5.41, 5.74) is 1.01. The average molecular weight is 477 g/mol. The Balaban J connectivity index is 1.88. The number of thiazole rings is 1. The largest absolute Gasteiger partial charge is 0.417 e. The van der Waals surface area contributed by atoms with Crippen molar-refractivity contribution >= 4 is 39.8 Å². The summed E-state index contributed by atoms with van der Waals surface area (Å²) < 4.78 is 39.9. The predicted octanol–water partition coefficient (Wildman–Crippen LogP) is 6.28. The van der Waals surface area contributed by atoms with Gasteiger partial charge in [-0.2, -0.15) is 18.4 Å². The lowest BCUT2D eigenvalue weighted by Crippen LogP contribution is -2.23. The molecule has 0 atom stereocenters. The molecule has 0 unspecified atom stereocenters. The second-order valence-electron chi connectivity index (χ2n) is 6.85. The van der Waals surface area contributed by atoms with Crippen LogP contribution in [-0.4, -0.2) is 15.9 Å². The Morgan fingerprint density at radius 1 is 1.28 bits per heavy atom. The van der Waals surface area contributed by atoms with E-state index in [9.17, 15) is 23.2 Å². The molecule has 32 heavy (non-hydrogen) atoms. The van der Waals surface area contributed by atoms with E-state index in [0.717, 1.165) is 35.5 Å². The Morgan fingerprint density at radius 3 is 2.62 bits per heavy atom. The smallest absolute Gasteiger partial charge is 0.274 e. The molecule has 1 amide bonds. The lowest BCUT2D eigenvalue weighted by Gasteiger charge is -2.21. The van der Waals surface area contributed by atoms with Gasteiger partial charge in [-0.15, -0.1) is 11.3 Å². The van der Waals surface area contributed by atoms with Gasteiger partial charge >= 0.3 is 6.18 Å². The average Bonchev–Trinajstić information content (AvgIpc) is 3.19. The molecular weight excluding hydrogens is 457 g/mol. The van der Waals surface area contributed by atoms with E-state index in [-0.39, 0.29) is 22.4 Å². The first-order valence-electron chi connectivity index (χ1n) is 9.60. The first-order valence-corrected chi connectivity index (χ1v) is 11.5. The van der Waals surface area contributed by atoms with Crippen molar-refractivity contribution < 1.29 is 18.0 Å². The van der Waals surface area contributed by atoms with Crippen LogP contribution in [0.1, 0.15) is 41.9 Å². The van der Waals surface area contributed by atoms with Crippen molar-refractivity contribution in [1.82, 2.24) is 9.97 Å². The molecule has 5 nitrogen and oxygen atoms in total. The Hall–Kier alpha value is -2.90. The molecule has 0 N–H and O–H groups in total. The highest BCUT2D eigenvalue weighted by atomic mass is 32.2. The summed E-state index contributed by atoms with van der Waals surface area (Å²) in [6.45, 7) is 4.91. The van der Waals surface area contributed by atoms with Gasteiger partial charge in [-0.25, -0.2) is 9.97 Å². The van der Waals surface area contributed by atoms with Gasteiger partial charge in [-0.05, 0) is 31.0 Å². The molecule has 0 radical (unpaired) electrons. The predicted molar refractivity (Wildman–Crippen MR) is 119 cm³/mol. The van der Waals surface area contributed by atoms with Crippen molar-refractivity contribution in [2.45, 2.75) is 44.1 Å². The van der Waals surface area contributed by atoms with Crippen molar-refractivity contribution in [1.29, 1.82) is 5.26 Å². The number of alkyl halides is 3. The van der Waals surface area contributed by atoms with Crippen molar-refractivity contribution in [3.63, 3.8) is 0 Å². The van der Waals surface area contributed by atoms with Gasteiger partial charge < -0.3 is 0 Å². The Labute approximate surface area is 191 Å². The van der Waals surface area contributed by atoms with E-state index < -0.39 is 17.3 Å². The second kappa shape index (κ2) is 9.71. The molecule has 166 valence electrons. The van der Waals surface area contributed by atoms with E-state index in [1.807, 2.05) is 31.2 Å². The highest BCUT2D eigenvalue weighted by Crippen LogP contribution is 2.37. The molecule has 3 rings (SSSR count). The number of nitriles is 1. The van der Waals surface area contributed by atoms with Crippen LogP contribution in [0.3, 0.4) is 0 Å². The second-order valence-corrected chi connectivity index (χ2v) is 8.65. The summed E-state index contributed by atoms with van der Waals surface area (Å²) in [4.78, 5) is 22.6. The van der Waals surface area contributed by atoms with Gasteiger partial charge in [0.25, 0.3) is 0 Å². The minimum Gasteiger partial charge on any atom is -0.274 e. The van der Waals surface area contributed by atoms with Crippen LogP contribution in [0.2, 0.25) is 0 Å². The maximum atomic E-state index is 13.3. The summed E-state index contributed by atoms with van der Waals surface area (Å²) in [7, 11) is 0. The molecule has 10 heteroatoms. The third-order valence-corrected chi connectivity index (χ3v) is 6.43. The normalized spacial score (nSPS) is 11.3. The standard InChI is InChI=1S/C22H19F3N4OS2/c1-4-15-7-5-6-8-19(15)29(14(3)30)21-28-16(12-32-21)11-31-20-17(10-26)18(22(23,24)25)9-13(2)27-20/h5-9,12H,4,11H2,1-3H3. The molecule has 3 aromatic rings. The molecule has 2 heterocycles. The molecular formula is C22H19F3N4OS2. The maximum absolute atomic E-state index is 13.3. The van der Waals surface area contributed by atoms with E-state index in [1.54, 1.807) is 11.4 Å². The maximum Gasteiger partial charge on any atom is 0.417 e. The number of aromatic nitrogens is 2. The van der Waals surface area contributed by atoms with Crippen molar-refractivity contribution in [2.75, 3.05) is 4.90 Å². The van der Waals surface area contributed by atoms with Crippen molar-refractivity contribution in [3.8, 4) is 6.07 Å². The number of carbonyl (C=O) groups excluding carboxylic acids is 1. The van der Waals surface area contributed by atoms with Gasteiger partial charge in [0, 0.05) is 23.8 Å². The van der Waals surface area contributed by atoms with E-state index in [0.29, 0.717) is 10.8 Å². The van der Waals surface area contributed by atoms with Crippen LogP contribution in [0.4, 0.5) is 24.0 Å². The molecule has 0 aliphatic carbocycles. The quantitative estimate of drug-likeness (QED) is 0.392. The van der Waals surface area contributed by atoms with Gasteiger partial charge in [-0.1, -0.05) is 36.9 Å². The number of hydrogen-bond acceptors (Lipinski definition) is 6. The Bertz CT molecular complexity index is 1180. The van der Waals surface area contributed by atoms with Gasteiger partial charge in [0.15, 0.2) is 5.13 Å². The number of aryl methyl sites for hydroxylation is 2. The summed E-state index contributed by atoms with van der Waals surface area (Å²) in [6, 6.07) is 10.1. The number of carbonyl (C=O) groups is 1. The van der Waals surface area contributed by atoms with E-state index in [2.05, 4.69) is 9.97 Å². The monoisotopic (exact) mass is 476 g/mol. The number of benzene rings is 1. The highest BCUT2D eigenvalue weighted by molar-refractivity contribution is 7.98. The molecule has 0 spiro atoms. The van der Waals surface area contributed by atoms with Crippen LogP contribution >= 0.6 is 23.1 Å². The van der Waals surface area contributed by atoms with Crippen LogP contribution in [0, 0.1) is 18.3 Å². The molecule has 0 aliphatic heterocycles. The third kappa shape index (κ3) is 5.11. The van der Waals surface area contributed by atoms with E-state index in [1.165, 1.54) is 30.1 Å². The number of thioether (sulfide) groups is 1. The summed E-state index contributed by atoms with van der Waals surface area (Å²) in [5, 5.41) is 11.5. The fraction of sp³-hybridized carbons (Fsp3) is 0.273. The number of para-hydroxylation sites is 1. The minimum absolute atomic E-state index is 0.00845. The number of hydrogen-bond donors (Lipinski definition) is 0. The lowest BCUT2D eigenvalue weighted by atomic mass is 10.1. The first kappa shape index (κ1) is 23.8. The molecule has 0 bridgehead atoms. The zero-order valence-electron chi connectivity index (χ0n) is 17.5. The van der Waals surface area contributed by atoms with Crippen LogP contribution in [0.15, 0.2) is 40.7 Å². The SMILES string of the molecule is CCc1ccccc1N(C(C)=O)c1nc(CSc2nc(C)cc(C(F)(F)F)c2C#N)cs1. The number of anilines is 2. The molecule has 2 aromatic heterocycles. The third-order valence-electron chi connectivity index (χ3n) is 4.55. The number of pyridine rings is 1. The number of halogens is 3. The summed E-state index contributed by atoms with van der Waals surface area (Å²) in [5.74, 6) is 0.0153. The molecule has 0 saturated carbocycles. The highest BCUT2D eigenvalue weighted by Gasteiger charge is 2.35. The van der Waals surface area contributed by atoms with Crippen LogP contribution < -0.4 is 4.90 Å². The molecule has 0 saturated heterocycles. The fourth-order valence-electron chi connectivity index (χ4n) is 3.12. The van der Waals surface area contributed by atoms with E-state index >= 15 is 0 Å². The number of rotatable bonds is 6. The molecule has 0 fully saturated rings. The topological polar surface area (TPSA) is 69.9 Å². The molecule has 1 aromatic carbocycles. The number of nitrogens with zero attached hydrogens (tertiary/aromatic N) is 4. The first-order chi connectivity index (χ1) is 15.2. The fourth-order valence-corrected chi connectivity index (χ4v) is 5.05. The zero-order chi connectivity index (χ0) is 23.5. The van der Waals surface area contributed by atoms with Crippen LogP contribution in [0.5, 0.6) is 0 Å². The van der Waals surface area contributed by atoms with Gasteiger partial charge in [0.1, 0.15) is 11.1 Å². The Morgan fingerprint density at radius 2 is 2.00 bits per heavy atom. The van der Waals surface area contributed by atoms with Gasteiger partial charge in [-0.3, -0.25) is 9.69 Å². The lowest BCUT2D eigenvalue weighted by molar-refractivity contribution is -0.138. The summed E-state index contributed by atoms with van der Waals surface area (Å²) in [6.07, 6.45) is -3.90. The number of amides is 1. The summed E-state index contributed by atoms with van der Waals surface area (Å²) >= 11 is 2.28. The van der Waals surface area contributed by atoms with Crippen LogP contribution in [0.25, 0.3) is 0 Å². The zero-order valence-corrected chi connectivity index (χ0v) is 19.2. The minimum atomic E-state index is -4.64. The van der Waals surface area contributed by atoms with Crippen LogP contribution in [-0.2, 0) is 23.1 Å². The van der Waals surface area contributed by atoms with Crippen molar-refractivity contribution in [3.05, 3.63) is 63.8 Å². The Kier molecular flexibility index (Phi) is 7.21. The van der Waals surface area contributed by atoms with Gasteiger partial charge in [0.2, 0.25) is 5.91 Å². The van der Waals surface area contributed by atoms with E-state index in [4.69, 9.17) is 0 Å². The molecule has 0 aliphatic rings.